The van der Waals surface area contributed by atoms with E-state index in [2.05, 4.69) is 15.9 Å². The molecule has 0 aliphatic carbocycles. The summed E-state index contributed by atoms with van der Waals surface area (Å²) in [5.41, 5.74) is 0. The molecule has 1 aliphatic heterocycles. The van der Waals surface area contributed by atoms with Gasteiger partial charge in [0.2, 0.25) is 0 Å². The minimum absolute atomic E-state index is 0.0446. The van der Waals surface area contributed by atoms with Crippen LogP contribution in [0, 0.1) is 5.92 Å². The lowest BCUT2D eigenvalue weighted by Crippen LogP contribution is -2.15. The number of cyclic esters (lactones) is 1. The monoisotopic (exact) mass is 218 g/mol. The average molecular weight is 219 g/mol. The second kappa shape index (κ2) is 3.39. The lowest BCUT2D eigenvalue weighted by molar-refractivity contribution is -0.139. The Hall–Kier alpha value is -0.310. The Morgan fingerprint density at radius 1 is 1.64 bits per heavy atom. The van der Waals surface area contributed by atoms with Gasteiger partial charge in [-0.05, 0) is 13.0 Å². The van der Waals surface area contributed by atoms with Crippen LogP contribution in [0.25, 0.3) is 0 Å². The fourth-order valence-electron chi connectivity index (χ4n) is 1.09. The van der Waals surface area contributed by atoms with E-state index in [0.717, 1.165) is 0 Å². The number of carbonyl (C=O) groups is 1. The fourth-order valence-corrected chi connectivity index (χ4v) is 1.50. The third-order valence-corrected chi connectivity index (χ3v) is 3.05. The van der Waals surface area contributed by atoms with Crippen molar-refractivity contribution in [3.05, 3.63) is 12.2 Å². The van der Waals surface area contributed by atoms with Gasteiger partial charge in [-0.15, -0.1) is 0 Å². The Bertz CT molecular complexity index is 189. The smallest absolute Gasteiger partial charge is 0.320 e. The Morgan fingerprint density at radius 2 is 2.27 bits per heavy atom. The fraction of sp³-hybridized carbons (Fsp3) is 0.625. The minimum atomic E-state index is -0.152. The van der Waals surface area contributed by atoms with Crippen molar-refractivity contribution < 1.29 is 9.53 Å². The van der Waals surface area contributed by atoms with Crippen LogP contribution < -0.4 is 0 Å². The third kappa shape index (κ3) is 1.64. The molecule has 62 valence electrons. The summed E-state index contributed by atoms with van der Waals surface area (Å²) < 4.78 is 5.05. The maximum absolute atomic E-state index is 11.0. The second-order valence-corrected chi connectivity index (χ2v) is 3.67. The normalized spacial score (nSPS) is 38.1. The SMILES string of the molecule is C/C=C/C1OC(=O)C(Br)C1C. The van der Waals surface area contributed by atoms with Gasteiger partial charge in [0.05, 0.1) is 0 Å². The van der Waals surface area contributed by atoms with Gasteiger partial charge in [0.15, 0.2) is 0 Å². The lowest BCUT2D eigenvalue weighted by Gasteiger charge is -2.07. The highest BCUT2D eigenvalue weighted by Gasteiger charge is 2.38. The molecule has 1 aliphatic rings. The molecule has 2 nitrogen and oxygen atoms in total. The van der Waals surface area contributed by atoms with Gasteiger partial charge in [-0.2, -0.15) is 0 Å². The Kier molecular flexibility index (Phi) is 2.71. The van der Waals surface area contributed by atoms with E-state index < -0.39 is 0 Å². The quantitative estimate of drug-likeness (QED) is 0.382. The molecule has 0 saturated carbocycles. The first kappa shape index (κ1) is 8.78. The van der Waals surface area contributed by atoms with Gasteiger partial charge in [-0.3, -0.25) is 4.79 Å². The summed E-state index contributed by atoms with van der Waals surface area (Å²) in [5, 5.41) is 0. The van der Waals surface area contributed by atoms with E-state index >= 15 is 0 Å². The second-order valence-electron chi connectivity index (χ2n) is 2.69. The number of halogens is 1. The summed E-state index contributed by atoms with van der Waals surface area (Å²) in [6.07, 6.45) is 3.76. The average Bonchev–Trinajstić information content (AvgIpc) is 2.19. The van der Waals surface area contributed by atoms with Crippen LogP contribution in [0.15, 0.2) is 12.2 Å². The van der Waals surface area contributed by atoms with Crippen molar-refractivity contribution >= 4 is 21.9 Å². The van der Waals surface area contributed by atoms with Gasteiger partial charge >= 0.3 is 5.97 Å². The van der Waals surface area contributed by atoms with Gasteiger partial charge in [0, 0.05) is 5.92 Å². The van der Waals surface area contributed by atoms with Crippen LogP contribution in [-0.2, 0) is 9.53 Å². The van der Waals surface area contributed by atoms with Gasteiger partial charge in [0.1, 0.15) is 10.9 Å². The minimum Gasteiger partial charge on any atom is -0.457 e. The molecule has 0 N–H and O–H groups in total. The van der Waals surface area contributed by atoms with Gasteiger partial charge in [-0.1, -0.05) is 28.9 Å². The highest BCUT2D eigenvalue weighted by Crippen LogP contribution is 2.28. The van der Waals surface area contributed by atoms with E-state index in [0.29, 0.717) is 0 Å². The standard InChI is InChI=1S/C8H11BrO2/c1-3-4-6-5(2)7(9)8(10)11-6/h3-7H,1-2H3/b4-3+. The van der Waals surface area contributed by atoms with E-state index in [9.17, 15) is 4.79 Å². The summed E-state index contributed by atoms with van der Waals surface area (Å²) in [6, 6.07) is 0. The number of hydrogen-bond donors (Lipinski definition) is 0. The van der Waals surface area contributed by atoms with Crippen LogP contribution in [0.2, 0.25) is 0 Å². The molecule has 3 heteroatoms. The van der Waals surface area contributed by atoms with Crippen molar-refractivity contribution in [3.63, 3.8) is 0 Å². The van der Waals surface area contributed by atoms with Gasteiger partial charge < -0.3 is 4.74 Å². The maximum atomic E-state index is 11.0. The predicted molar refractivity (Wildman–Crippen MR) is 46.6 cm³/mol. The number of rotatable bonds is 1. The topological polar surface area (TPSA) is 26.3 Å². The van der Waals surface area contributed by atoms with Crippen LogP contribution in [0.4, 0.5) is 0 Å². The van der Waals surface area contributed by atoms with Crippen molar-refractivity contribution in [2.45, 2.75) is 24.8 Å². The largest absolute Gasteiger partial charge is 0.457 e. The zero-order valence-corrected chi connectivity index (χ0v) is 8.17. The van der Waals surface area contributed by atoms with E-state index in [1.165, 1.54) is 0 Å². The Morgan fingerprint density at radius 3 is 2.64 bits per heavy atom. The zero-order chi connectivity index (χ0) is 8.43. The van der Waals surface area contributed by atoms with E-state index in [1.807, 2.05) is 26.0 Å². The van der Waals surface area contributed by atoms with Crippen LogP contribution >= 0.6 is 15.9 Å². The number of allylic oxidation sites excluding steroid dienone is 1. The molecule has 1 fully saturated rings. The molecule has 1 saturated heterocycles. The van der Waals surface area contributed by atoms with Crippen LogP contribution in [0.1, 0.15) is 13.8 Å². The van der Waals surface area contributed by atoms with E-state index in [4.69, 9.17) is 4.74 Å². The molecule has 0 bridgehead atoms. The maximum Gasteiger partial charge on any atom is 0.320 e. The van der Waals surface area contributed by atoms with Crippen molar-refractivity contribution in [1.29, 1.82) is 0 Å². The van der Waals surface area contributed by atoms with Crippen molar-refractivity contribution in [2.24, 2.45) is 5.92 Å². The zero-order valence-electron chi connectivity index (χ0n) is 6.58. The molecular weight excluding hydrogens is 208 g/mol. The van der Waals surface area contributed by atoms with Crippen LogP contribution in [0.5, 0.6) is 0 Å². The molecule has 0 aromatic carbocycles. The van der Waals surface area contributed by atoms with Crippen molar-refractivity contribution in [3.8, 4) is 0 Å². The highest BCUT2D eigenvalue weighted by molar-refractivity contribution is 9.10. The number of hydrogen-bond acceptors (Lipinski definition) is 2. The summed E-state index contributed by atoms with van der Waals surface area (Å²) >= 11 is 3.27. The molecule has 1 rings (SSSR count). The number of alkyl halides is 1. The first-order valence-electron chi connectivity index (χ1n) is 3.64. The number of ether oxygens (including phenoxy) is 1. The number of carbonyl (C=O) groups excluding carboxylic acids is 1. The highest BCUT2D eigenvalue weighted by atomic mass is 79.9. The van der Waals surface area contributed by atoms with Gasteiger partial charge in [-0.25, -0.2) is 0 Å². The molecule has 1 heterocycles. The van der Waals surface area contributed by atoms with E-state index in [-0.39, 0.29) is 22.8 Å². The van der Waals surface area contributed by atoms with Crippen LogP contribution in [-0.4, -0.2) is 16.9 Å². The summed E-state index contributed by atoms with van der Waals surface area (Å²) in [6.45, 7) is 3.91. The Balaban J connectivity index is 2.66. The summed E-state index contributed by atoms with van der Waals surface area (Å²) in [7, 11) is 0. The summed E-state index contributed by atoms with van der Waals surface area (Å²) in [4.78, 5) is 10.8. The van der Waals surface area contributed by atoms with Crippen LogP contribution in [0.3, 0.4) is 0 Å². The van der Waals surface area contributed by atoms with Crippen molar-refractivity contribution in [1.82, 2.24) is 0 Å². The molecule has 3 atom stereocenters. The third-order valence-electron chi connectivity index (χ3n) is 1.84. The first-order chi connectivity index (χ1) is 5.16. The molecule has 0 spiro atoms. The van der Waals surface area contributed by atoms with Gasteiger partial charge in [0.25, 0.3) is 0 Å². The molecule has 0 aromatic rings. The van der Waals surface area contributed by atoms with Crippen molar-refractivity contribution in [2.75, 3.05) is 0 Å². The first-order valence-corrected chi connectivity index (χ1v) is 4.55. The van der Waals surface area contributed by atoms with E-state index in [1.54, 1.807) is 0 Å². The molecule has 0 radical (unpaired) electrons. The molecule has 11 heavy (non-hydrogen) atoms. The molecular formula is C8H11BrO2. The summed E-state index contributed by atoms with van der Waals surface area (Å²) in [5.74, 6) is 0.0827. The number of esters is 1. The Labute approximate surface area is 74.7 Å². The molecule has 3 unspecified atom stereocenters. The lowest BCUT2D eigenvalue weighted by atomic mass is 10.0. The molecule has 0 aromatic heterocycles. The predicted octanol–water partition coefficient (Wildman–Crippen LogP) is 1.89. The molecule has 0 amide bonds.